The molecule has 11 heteroatoms. The largest absolute Gasteiger partial charge is 0.466 e. The maximum Gasteiger partial charge on any atom is 0.310 e. The zero-order valence-electron chi connectivity index (χ0n) is 27.4. The predicted molar refractivity (Wildman–Crippen MR) is 167 cm³/mol. The molecule has 0 bridgehead atoms. The number of hydroxylamine groups is 2. The van der Waals surface area contributed by atoms with E-state index in [4.69, 9.17) is 18.4 Å². The van der Waals surface area contributed by atoms with Crippen LogP contribution in [0.15, 0.2) is 30.3 Å². The summed E-state index contributed by atoms with van der Waals surface area (Å²) in [7, 11) is -4.85. The van der Waals surface area contributed by atoms with E-state index in [1.54, 1.807) is 36.3 Å². The molecule has 3 fully saturated rings. The molecule has 42 heavy (non-hydrogen) atoms. The summed E-state index contributed by atoms with van der Waals surface area (Å²) >= 11 is 0. The number of hydrogen-bond donors (Lipinski definition) is 0. The maximum absolute atomic E-state index is 14.1. The molecule has 2 amide bonds. The van der Waals surface area contributed by atoms with E-state index in [1.807, 2.05) is 13.0 Å². The summed E-state index contributed by atoms with van der Waals surface area (Å²) in [5.41, 5.74) is 0.516. The van der Waals surface area contributed by atoms with Gasteiger partial charge >= 0.3 is 5.97 Å². The Morgan fingerprint density at radius 2 is 1.43 bits per heavy atom. The number of para-hydroxylation sites is 1. The molecule has 0 saturated carbocycles. The number of imide groups is 1. The lowest BCUT2D eigenvalue weighted by Gasteiger charge is -2.45. The molecule has 3 heterocycles. The Kier molecular flexibility index (Phi) is 8.82. The van der Waals surface area contributed by atoms with E-state index in [0.29, 0.717) is 5.69 Å². The Morgan fingerprint density at radius 1 is 0.905 bits per heavy atom. The number of esters is 1. The van der Waals surface area contributed by atoms with Crippen LogP contribution in [-0.2, 0) is 32.8 Å². The quantitative estimate of drug-likeness (QED) is 0.214. The molecule has 1 aromatic carbocycles. The van der Waals surface area contributed by atoms with Crippen molar-refractivity contribution >= 4 is 40.1 Å². The zero-order valence-corrected chi connectivity index (χ0v) is 29.4. The van der Waals surface area contributed by atoms with Crippen molar-refractivity contribution < 1.29 is 32.8 Å². The van der Waals surface area contributed by atoms with Gasteiger partial charge in [0.2, 0.25) is 5.91 Å². The van der Waals surface area contributed by atoms with E-state index in [2.05, 4.69) is 67.7 Å². The lowest BCUT2D eigenvalue weighted by Crippen LogP contribution is -2.56. The van der Waals surface area contributed by atoms with E-state index >= 15 is 0 Å². The molecule has 3 saturated heterocycles. The fourth-order valence-corrected chi connectivity index (χ4v) is 8.29. The molecule has 0 aliphatic carbocycles. The highest BCUT2D eigenvalue weighted by molar-refractivity contribution is 6.74. The number of amides is 2. The number of fused-ring (bicyclic) bond motifs is 3. The highest BCUT2D eigenvalue weighted by Gasteiger charge is 2.70. The fraction of sp³-hybridized carbons (Fsp3) is 0.710. The van der Waals surface area contributed by atoms with E-state index in [-0.39, 0.29) is 28.6 Å². The summed E-state index contributed by atoms with van der Waals surface area (Å²) in [6, 6.07) is 7.74. The van der Waals surface area contributed by atoms with Crippen molar-refractivity contribution in [1.82, 2.24) is 5.06 Å². The Labute approximate surface area is 253 Å². The first-order valence-corrected chi connectivity index (χ1v) is 21.0. The second-order valence-electron chi connectivity index (χ2n) is 15.0. The van der Waals surface area contributed by atoms with Gasteiger partial charge in [0.15, 0.2) is 22.7 Å². The van der Waals surface area contributed by atoms with Crippen LogP contribution in [0.2, 0.25) is 36.3 Å². The van der Waals surface area contributed by atoms with Crippen molar-refractivity contribution in [3.8, 4) is 0 Å². The topological polar surface area (TPSA) is 94.6 Å². The Balaban J connectivity index is 1.85. The minimum Gasteiger partial charge on any atom is -0.466 e. The van der Waals surface area contributed by atoms with Crippen molar-refractivity contribution in [1.29, 1.82) is 0 Å². The van der Waals surface area contributed by atoms with Crippen molar-refractivity contribution in [2.45, 2.75) is 122 Å². The minimum atomic E-state index is -2.44. The van der Waals surface area contributed by atoms with Crippen LogP contribution in [-0.4, -0.2) is 76.5 Å². The average molecular weight is 619 g/mol. The number of hydrogen-bond acceptors (Lipinski definition) is 8. The summed E-state index contributed by atoms with van der Waals surface area (Å²) in [5, 5.41) is 1.46. The van der Waals surface area contributed by atoms with Gasteiger partial charge in [-0.05, 0) is 55.3 Å². The van der Waals surface area contributed by atoms with Crippen LogP contribution in [0.5, 0.6) is 0 Å². The van der Waals surface area contributed by atoms with Gasteiger partial charge in [-0.1, -0.05) is 66.7 Å². The number of ether oxygens (including phenoxy) is 1. The van der Waals surface area contributed by atoms with Crippen molar-refractivity contribution in [3.05, 3.63) is 30.3 Å². The number of carbonyl (C=O) groups is 3. The van der Waals surface area contributed by atoms with E-state index in [1.165, 1.54) is 4.90 Å². The molecular weight excluding hydrogens is 569 g/mol. The highest BCUT2D eigenvalue weighted by atomic mass is 28.4. The molecule has 3 aliphatic heterocycles. The van der Waals surface area contributed by atoms with Gasteiger partial charge < -0.3 is 13.6 Å². The third-order valence-electron chi connectivity index (χ3n) is 10.1. The predicted octanol–water partition coefficient (Wildman–Crippen LogP) is 5.52. The van der Waals surface area contributed by atoms with Gasteiger partial charge in [0.1, 0.15) is 0 Å². The van der Waals surface area contributed by atoms with Gasteiger partial charge in [-0.3, -0.25) is 19.2 Å². The molecule has 0 spiro atoms. The van der Waals surface area contributed by atoms with Crippen molar-refractivity contribution in [2.75, 3.05) is 11.5 Å². The summed E-state index contributed by atoms with van der Waals surface area (Å²) in [6.07, 6.45) is -2.16. The van der Waals surface area contributed by atoms with Crippen LogP contribution < -0.4 is 4.90 Å². The van der Waals surface area contributed by atoms with Crippen LogP contribution in [0.1, 0.15) is 55.4 Å². The van der Waals surface area contributed by atoms with Crippen LogP contribution in [0, 0.1) is 11.8 Å². The molecular formula is C31H50N2O7Si2. The summed E-state index contributed by atoms with van der Waals surface area (Å²) in [5.74, 6) is -2.53. The number of benzene rings is 1. The molecule has 4 rings (SSSR count). The minimum absolute atomic E-state index is 0.119. The summed E-state index contributed by atoms with van der Waals surface area (Å²) in [6.45, 7) is 25.6. The molecule has 7 atom stereocenters. The molecule has 234 valence electrons. The summed E-state index contributed by atoms with van der Waals surface area (Å²) in [4.78, 5) is 48.8. The Bertz CT molecular complexity index is 1190. The highest BCUT2D eigenvalue weighted by Crippen LogP contribution is 2.52. The second-order valence-corrected chi connectivity index (χ2v) is 24.5. The van der Waals surface area contributed by atoms with Gasteiger partial charge in [-0.2, -0.15) is 5.06 Å². The molecule has 0 unspecified atom stereocenters. The van der Waals surface area contributed by atoms with E-state index in [9.17, 15) is 14.4 Å². The molecule has 0 N–H and O–H groups in total. The van der Waals surface area contributed by atoms with Gasteiger partial charge in [0.05, 0.1) is 48.4 Å². The average Bonchev–Trinajstić information content (AvgIpc) is 3.45. The fourth-order valence-electron chi connectivity index (χ4n) is 5.67. The number of nitrogens with zero attached hydrogens (tertiary/aromatic N) is 2. The van der Waals surface area contributed by atoms with E-state index in [0.717, 1.165) is 0 Å². The molecule has 3 aliphatic rings. The van der Waals surface area contributed by atoms with Gasteiger partial charge in [-0.25, -0.2) is 4.90 Å². The molecule has 0 aromatic heterocycles. The Morgan fingerprint density at radius 3 is 1.93 bits per heavy atom. The Hall–Kier alpha value is -1.90. The van der Waals surface area contributed by atoms with Crippen LogP contribution >= 0.6 is 0 Å². The van der Waals surface area contributed by atoms with Crippen LogP contribution in [0.3, 0.4) is 0 Å². The smallest absolute Gasteiger partial charge is 0.310 e. The van der Waals surface area contributed by atoms with Crippen LogP contribution in [0.4, 0.5) is 5.69 Å². The first-order valence-electron chi connectivity index (χ1n) is 15.2. The lowest BCUT2D eigenvalue weighted by molar-refractivity contribution is -0.197. The third-order valence-corrected chi connectivity index (χ3v) is 19.1. The second kappa shape index (κ2) is 11.2. The monoisotopic (exact) mass is 618 g/mol. The van der Waals surface area contributed by atoms with Gasteiger partial charge in [0.25, 0.3) is 5.91 Å². The standard InChI is InChI=1S/C31H50N2O7Si2/c1-13-37-29(36)19(2)22-25(39-41(9,10)30(3,4)5)26(40-42(11,12)31(6,7)8)23-21-24(38-33(22)23)28(35)32(27(21)34)20-17-15-14-16-18-20/h14-19,21-26H,13H2,1-12H3/t19-,21-,22+,23+,24+,25+,26+/m1/s1. The normalized spacial score (nSPS) is 29.6. The molecule has 1 aromatic rings. The SMILES string of the molecule is CCOC(=O)[C@H](C)[C@H]1[C@H](O[Si](C)(C)C(C)(C)C)[C@@H](O[Si](C)(C)C(C)(C)C)[C@@H]2[C@H]3C(=O)N(c4ccccc4)C(=O)[C@H]3ON21. The number of carbonyl (C=O) groups excluding carboxylic acids is 3. The van der Waals surface area contributed by atoms with Gasteiger partial charge in [-0.15, -0.1) is 0 Å². The maximum atomic E-state index is 14.1. The first-order chi connectivity index (χ1) is 19.2. The van der Waals surface area contributed by atoms with Crippen molar-refractivity contribution in [3.63, 3.8) is 0 Å². The molecule has 0 radical (unpaired) electrons. The number of rotatable bonds is 8. The summed E-state index contributed by atoms with van der Waals surface area (Å²) < 4.78 is 19.8. The number of anilines is 1. The van der Waals surface area contributed by atoms with Crippen molar-refractivity contribution in [2.24, 2.45) is 11.8 Å². The van der Waals surface area contributed by atoms with Gasteiger partial charge in [0, 0.05) is 0 Å². The first kappa shape index (κ1) is 33.0. The third kappa shape index (κ3) is 5.56. The molecule has 9 nitrogen and oxygen atoms in total. The van der Waals surface area contributed by atoms with E-state index < -0.39 is 64.8 Å². The zero-order chi connectivity index (χ0) is 31.6. The lowest BCUT2D eigenvalue weighted by atomic mass is 9.91. The van der Waals surface area contributed by atoms with Crippen LogP contribution in [0.25, 0.3) is 0 Å².